The number of nitrogens with zero attached hydrogens (tertiary/aromatic N) is 2. The number of carbonyl (C=O) groups is 1. The Labute approximate surface area is 138 Å². The number of hydrogen-bond donors (Lipinski definition) is 1. The van der Waals surface area contributed by atoms with Crippen molar-refractivity contribution in [1.82, 2.24) is 9.88 Å². The summed E-state index contributed by atoms with van der Waals surface area (Å²) in [5, 5.41) is 3.35. The van der Waals surface area contributed by atoms with Gasteiger partial charge < -0.3 is 10.2 Å². The molecule has 0 saturated carbocycles. The topological polar surface area (TPSA) is 45.2 Å². The SMILES string of the molecule is CC(C)CCNc1ccnc(C(=O)N(C)Cc2ccccc2)c1. The maximum absolute atomic E-state index is 12.5. The average molecular weight is 311 g/mol. The molecule has 1 N–H and O–H groups in total. The minimum atomic E-state index is -0.0682. The van der Waals surface area contributed by atoms with Gasteiger partial charge in [0.1, 0.15) is 5.69 Å². The van der Waals surface area contributed by atoms with E-state index >= 15 is 0 Å². The van der Waals surface area contributed by atoms with E-state index in [0.29, 0.717) is 18.2 Å². The fraction of sp³-hybridized carbons (Fsp3) is 0.368. The van der Waals surface area contributed by atoms with E-state index in [-0.39, 0.29) is 5.91 Å². The average Bonchev–Trinajstić information content (AvgIpc) is 2.55. The second-order valence-electron chi connectivity index (χ2n) is 6.19. The van der Waals surface area contributed by atoms with E-state index in [1.807, 2.05) is 42.5 Å². The van der Waals surface area contributed by atoms with Crippen molar-refractivity contribution in [3.05, 3.63) is 59.9 Å². The number of nitrogens with one attached hydrogen (secondary N) is 1. The van der Waals surface area contributed by atoms with Gasteiger partial charge in [0.25, 0.3) is 5.91 Å². The molecule has 0 aliphatic rings. The zero-order chi connectivity index (χ0) is 16.7. The molecule has 23 heavy (non-hydrogen) atoms. The molecule has 2 rings (SSSR count). The van der Waals surface area contributed by atoms with Gasteiger partial charge in [-0.2, -0.15) is 0 Å². The Bertz CT molecular complexity index is 626. The summed E-state index contributed by atoms with van der Waals surface area (Å²) in [6.07, 6.45) is 2.78. The molecule has 1 amide bonds. The van der Waals surface area contributed by atoms with Crippen LogP contribution in [0, 0.1) is 5.92 Å². The van der Waals surface area contributed by atoms with Gasteiger partial charge in [0.15, 0.2) is 0 Å². The summed E-state index contributed by atoms with van der Waals surface area (Å²) in [4.78, 5) is 18.4. The Morgan fingerprint density at radius 3 is 2.65 bits per heavy atom. The molecule has 0 aliphatic carbocycles. The van der Waals surface area contributed by atoms with Crippen LogP contribution in [0.3, 0.4) is 0 Å². The fourth-order valence-electron chi connectivity index (χ4n) is 2.29. The van der Waals surface area contributed by atoms with E-state index in [4.69, 9.17) is 0 Å². The molecule has 0 unspecified atom stereocenters. The highest BCUT2D eigenvalue weighted by atomic mass is 16.2. The number of carbonyl (C=O) groups excluding carboxylic acids is 1. The number of amides is 1. The second kappa shape index (κ2) is 8.32. The van der Waals surface area contributed by atoms with Crippen LogP contribution in [-0.2, 0) is 6.54 Å². The number of benzene rings is 1. The Hall–Kier alpha value is -2.36. The molecule has 4 heteroatoms. The van der Waals surface area contributed by atoms with Crippen LogP contribution in [0.25, 0.3) is 0 Å². The van der Waals surface area contributed by atoms with Crippen molar-refractivity contribution >= 4 is 11.6 Å². The third-order valence-corrected chi connectivity index (χ3v) is 3.64. The number of rotatable bonds is 7. The summed E-state index contributed by atoms with van der Waals surface area (Å²) in [5.74, 6) is 0.587. The van der Waals surface area contributed by atoms with Crippen LogP contribution in [0.4, 0.5) is 5.69 Å². The van der Waals surface area contributed by atoms with Crippen molar-refractivity contribution in [1.29, 1.82) is 0 Å². The van der Waals surface area contributed by atoms with Crippen LogP contribution < -0.4 is 5.32 Å². The maximum atomic E-state index is 12.5. The van der Waals surface area contributed by atoms with E-state index in [2.05, 4.69) is 24.1 Å². The zero-order valence-corrected chi connectivity index (χ0v) is 14.1. The van der Waals surface area contributed by atoms with Crippen LogP contribution in [0.2, 0.25) is 0 Å². The second-order valence-corrected chi connectivity index (χ2v) is 6.19. The first-order valence-electron chi connectivity index (χ1n) is 8.05. The van der Waals surface area contributed by atoms with Crippen LogP contribution in [-0.4, -0.2) is 29.4 Å². The molecule has 1 aromatic heterocycles. The lowest BCUT2D eigenvalue weighted by Crippen LogP contribution is -2.27. The van der Waals surface area contributed by atoms with Crippen molar-refractivity contribution in [2.45, 2.75) is 26.8 Å². The largest absolute Gasteiger partial charge is 0.385 e. The Morgan fingerprint density at radius 2 is 1.96 bits per heavy atom. The predicted molar refractivity (Wildman–Crippen MR) is 94.4 cm³/mol. The van der Waals surface area contributed by atoms with Gasteiger partial charge >= 0.3 is 0 Å². The van der Waals surface area contributed by atoms with Crippen molar-refractivity contribution < 1.29 is 4.79 Å². The first kappa shape index (κ1) is 17.0. The van der Waals surface area contributed by atoms with E-state index in [1.54, 1.807) is 18.1 Å². The summed E-state index contributed by atoms with van der Waals surface area (Å²) >= 11 is 0. The van der Waals surface area contributed by atoms with E-state index in [9.17, 15) is 4.79 Å². The maximum Gasteiger partial charge on any atom is 0.272 e. The van der Waals surface area contributed by atoms with Crippen molar-refractivity contribution in [3.63, 3.8) is 0 Å². The van der Waals surface area contributed by atoms with Gasteiger partial charge in [-0.25, -0.2) is 0 Å². The zero-order valence-electron chi connectivity index (χ0n) is 14.1. The summed E-state index contributed by atoms with van der Waals surface area (Å²) < 4.78 is 0. The molecule has 1 aromatic carbocycles. The quantitative estimate of drug-likeness (QED) is 0.845. The molecule has 4 nitrogen and oxygen atoms in total. The van der Waals surface area contributed by atoms with Crippen molar-refractivity contribution in [3.8, 4) is 0 Å². The summed E-state index contributed by atoms with van der Waals surface area (Å²) in [6, 6.07) is 13.7. The monoisotopic (exact) mass is 311 g/mol. The van der Waals surface area contributed by atoms with E-state index in [1.165, 1.54) is 0 Å². The third kappa shape index (κ3) is 5.40. The van der Waals surface area contributed by atoms with Gasteiger partial charge in [0.05, 0.1) is 0 Å². The van der Waals surface area contributed by atoms with Gasteiger partial charge in [-0.1, -0.05) is 44.2 Å². The van der Waals surface area contributed by atoms with Crippen LogP contribution in [0.15, 0.2) is 48.7 Å². The number of aromatic nitrogens is 1. The van der Waals surface area contributed by atoms with Gasteiger partial charge in [-0.3, -0.25) is 9.78 Å². The Morgan fingerprint density at radius 1 is 1.22 bits per heavy atom. The molecule has 0 atom stereocenters. The standard InChI is InChI=1S/C19H25N3O/c1-15(2)9-11-20-17-10-12-21-18(13-17)19(23)22(3)14-16-7-5-4-6-8-16/h4-8,10,12-13,15H,9,11,14H2,1-3H3,(H,20,21). The predicted octanol–water partition coefficient (Wildman–Crippen LogP) is 3.81. The Kier molecular flexibility index (Phi) is 6.15. The number of anilines is 1. The van der Waals surface area contributed by atoms with Crippen molar-refractivity contribution in [2.75, 3.05) is 18.9 Å². The minimum absolute atomic E-state index is 0.0682. The summed E-state index contributed by atoms with van der Waals surface area (Å²) in [7, 11) is 1.80. The first-order chi connectivity index (χ1) is 11.1. The highest BCUT2D eigenvalue weighted by Crippen LogP contribution is 2.12. The number of hydrogen-bond acceptors (Lipinski definition) is 3. The molecule has 0 saturated heterocycles. The molecule has 0 radical (unpaired) electrons. The van der Waals surface area contributed by atoms with E-state index in [0.717, 1.165) is 24.2 Å². The smallest absolute Gasteiger partial charge is 0.272 e. The van der Waals surface area contributed by atoms with Crippen LogP contribution >= 0.6 is 0 Å². The van der Waals surface area contributed by atoms with Crippen LogP contribution in [0.5, 0.6) is 0 Å². The van der Waals surface area contributed by atoms with E-state index < -0.39 is 0 Å². The Balaban J connectivity index is 1.98. The lowest BCUT2D eigenvalue weighted by Gasteiger charge is -2.17. The molecule has 122 valence electrons. The molecule has 0 bridgehead atoms. The molecule has 2 aromatic rings. The summed E-state index contributed by atoms with van der Waals surface area (Å²) in [5.41, 5.74) is 2.52. The van der Waals surface area contributed by atoms with Gasteiger partial charge in [-0.15, -0.1) is 0 Å². The van der Waals surface area contributed by atoms with Crippen LogP contribution in [0.1, 0.15) is 36.3 Å². The lowest BCUT2D eigenvalue weighted by molar-refractivity contribution is 0.0779. The van der Waals surface area contributed by atoms with Crippen molar-refractivity contribution in [2.24, 2.45) is 5.92 Å². The summed E-state index contributed by atoms with van der Waals surface area (Å²) in [6.45, 7) is 5.87. The molecule has 0 aliphatic heterocycles. The highest BCUT2D eigenvalue weighted by molar-refractivity contribution is 5.92. The van der Waals surface area contributed by atoms with Gasteiger partial charge in [0.2, 0.25) is 0 Å². The minimum Gasteiger partial charge on any atom is -0.385 e. The molecule has 1 heterocycles. The third-order valence-electron chi connectivity index (χ3n) is 3.64. The van der Waals surface area contributed by atoms with Gasteiger partial charge in [0, 0.05) is 32.0 Å². The van der Waals surface area contributed by atoms with Gasteiger partial charge in [-0.05, 0) is 30.0 Å². The normalized spacial score (nSPS) is 10.6. The number of pyridine rings is 1. The fourth-order valence-corrected chi connectivity index (χ4v) is 2.29. The molecular weight excluding hydrogens is 286 g/mol. The lowest BCUT2D eigenvalue weighted by atomic mass is 10.1. The highest BCUT2D eigenvalue weighted by Gasteiger charge is 2.13. The molecular formula is C19H25N3O. The molecule has 0 spiro atoms. The molecule has 0 fully saturated rings. The first-order valence-corrected chi connectivity index (χ1v) is 8.05.